The van der Waals surface area contributed by atoms with E-state index in [2.05, 4.69) is 17.1 Å². The number of amidine groups is 1. The second kappa shape index (κ2) is 7.64. The van der Waals surface area contributed by atoms with E-state index in [9.17, 15) is 19.5 Å². The van der Waals surface area contributed by atoms with Gasteiger partial charge in [0.15, 0.2) is 5.17 Å². The Balaban J connectivity index is 2.15. The van der Waals surface area contributed by atoms with Crippen molar-refractivity contribution in [3.63, 3.8) is 0 Å². The summed E-state index contributed by atoms with van der Waals surface area (Å²) >= 11 is 0.957. The summed E-state index contributed by atoms with van der Waals surface area (Å²) in [7, 11) is 0. The highest BCUT2D eigenvalue weighted by Gasteiger charge is 2.38. The third-order valence-corrected chi connectivity index (χ3v) is 4.27. The number of phenols is 1. The van der Waals surface area contributed by atoms with Crippen molar-refractivity contribution in [3.05, 3.63) is 42.5 Å². The van der Waals surface area contributed by atoms with Crippen LogP contribution in [0.4, 0.5) is 0 Å². The molecule has 0 radical (unpaired) electrons. The van der Waals surface area contributed by atoms with Gasteiger partial charge in [-0.25, -0.2) is 5.43 Å². The van der Waals surface area contributed by atoms with Crippen molar-refractivity contribution in [1.82, 2.24) is 10.3 Å². The lowest BCUT2D eigenvalue weighted by molar-refractivity contribution is -0.139. The van der Waals surface area contributed by atoms with E-state index >= 15 is 0 Å². The summed E-state index contributed by atoms with van der Waals surface area (Å²) in [4.78, 5) is 36.3. The Kier molecular flexibility index (Phi) is 5.59. The van der Waals surface area contributed by atoms with Crippen LogP contribution in [0, 0.1) is 0 Å². The SMILES string of the molecule is C=CCN1C(=O)[C@H](CC(=O)O)S/C1=N\NC(=O)c1ccccc1O. The monoisotopic (exact) mass is 349 g/mol. The van der Waals surface area contributed by atoms with Crippen LogP contribution >= 0.6 is 11.8 Å². The molecule has 126 valence electrons. The standard InChI is InChI=1S/C15H15N3O5S/c1-2-7-18-14(23)11(8-12(20)21)24-15(18)17-16-13(22)9-5-3-4-6-10(9)19/h2-6,11,19H,1,7-8H2,(H,16,22)(H,20,21)/b17-15-/t11-/m0/s1. The van der Waals surface area contributed by atoms with Crippen molar-refractivity contribution in [2.45, 2.75) is 11.7 Å². The Morgan fingerprint density at radius 3 is 2.75 bits per heavy atom. The van der Waals surface area contributed by atoms with Gasteiger partial charge in [0.05, 0.1) is 12.0 Å². The van der Waals surface area contributed by atoms with Gasteiger partial charge in [0.2, 0.25) is 5.91 Å². The maximum absolute atomic E-state index is 12.2. The van der Waals surface area contributed by atoms with Gasteiger partial charge in [0.25, 0.3) is 5.91 Å². The van der Waals surface area contributed by atoms with Crippen molar-refractivity contribution in [3.8, 4) is 5.75 Å². The number of nitrogens with one attached hydrogen (secondary N) is 1. The van der Waals surface area contributed by atoms with Crippen molar-refractivity contribution < 1.29 is 24.6 Å². The molecule has 1 aromatic carbocycles. The molecule has 1 saturated heterocycles. The zero-order valence-electron chi connectivity index (χ0n) is 12.5. The van der Waals surface area contributed by atoms with Crippen LogP contribution in [0.1, 0.15) is 16.8 Å². The van der Waals surface area contributed by atoms with Gasteiger partial charge in [-0.15, -0.1) is 11.7 Å². The van der Waals surface area contributed by atoms with Gasteiger partial charge in [-0.2, -0.15) is 0 Å². The molecule has 1 fully saturated rings. The molecule has 1 aliphatic heterocycles. The van der Waals surface area contributed by atoms with Gasteiger partial charge >= 0.3 is 5.97 Å². The molecule has 2 amide bonds. The molecule has 1 heterocycles. The first-order valence-electron chi connectivity index (χ1n) is 6.90. The quantitative estimate of drug-likeness (QED) is 0.521. The average Bonchev–Trinajstić information content (AvgIpc) is 2.82. The molecule has 0 bridgehead atoms. The number of thioether (sulfide) groups is 1. The molecule has 0 unspecified atom stereocenters. The Hall–Kier alpha value is -2.81. The fraction of sp³-hybridized carbons (Fsp3) is 0.200. The molecular weight excluding hydrogens is 334 g/mol. The summed E-state index contributed by atoms with van der Waals surface area (Å²) in [5, 5.41) is 21.7. The van der Waals surface area contributed by atoms with E-state index in [1.165, 1.54) is 23.1 Å². The molecule has 0 aliphatic carbocycles. The lowest BCUT2D eigenvalue weighted by Crippen LogP contribution is -2.34. The predicted octanol–water partition coefficient (Wildman–Crippen LogP) is 0.998. The number of carbonyl (C=O) groups excluding carboxylic acids is 2. The molecule has 9 heteroatoms. The maximum Gasteiger partial charge on any atom is 0.305 e. The van der Waals surface area contributed by atoms with Crippen molar-refractivity contribution >= 4 is 34.7 Å². The van der Waals surface area contributed by atoms with Crippen LogP contribution in [0.3, 0.4) is 0 Å². The highest BCUT2D eigenvalue weighted by molar-refractivity contribution is 8.15. The van der Waals surface area contributed by atoms with E-state index in [0.29, 0.717) is 0 Å². The number of benzene rings is 1. The second-order valence-corrected chi connectivity index (χ2v) is 5.96. The first kappa shape index (κ1) is 17.5. The van der Waals surface area contributed by atoms with Crippen LogP contribution in [-0.4, -0.2) is 49.9 Å². The molecular formula is C15H15N3O5S. The van der Waals surface area contributed by atoms with E-state index in [1.54, 1.807) is 12.1 Å². The largest absolute Gasteiger partial charge is 0.507 e. The molecule has 0 saturated carbocycles. The van der Waals surface area contributed by atoms with Crippen LogP contribution in [0.15, 0.2) is 42.0 Å². The number of hydrazone groups is 1. The number of carboxylic acid groups (broad SMARTS) is 1. The van der Waals surface area contributed by atoms with Crippen LogP contribution in [0.25, 0.3) is 0 Å². The molecule has 3 N–H and O–H groups in total. The molecule has 0 spiro atoms. The smallest absolute Gasteiger partial charge is 0.305 e. The summed E-state index contributed by atoms with van der Waals surface area (Å²) < 4.78 is 0. The minimum absolute atomic E-state index is 0.0357. The maximum atomic E-state index is 12.2. The Labute approximate surface area is 141 Å². The Morgan fingerprint density at radius 1 is 1.42 bits per heavy atom. The van der Waals surface area contributed by atoms with E-state index in [0.717, 1.165) is 11.8 Å². The van der Waals surface area contributed by atoms with Crippen molar-refractivity contribution in [2.75, 3.05) is 6.54 Å². The fourth-order valence-corrected chi connectivity index (χ4v) is 3.10. The zero-order chi connectivity index (χ0) is 17.7. The predicted molar refractivity (Wildman–Crippen MR) is 88.5 cm³/mol. The minimum atomic E-state index is -1.10. The summed E-state index contributed by atoms with van der Waals surface area (Å²) in [6.07, 6.45) is 1.13. The van der Waals surface area contributed by atoms with Gasteiger partial charge < -0.3 is 10.2 Å². The number of phenolic OH excluding ortho intramolecular Hbond substituents is 1. The number of carboxylic acids is 1. The van der Waals surface area contributed by atoms with Gasteiger partial charge in [-0.1, -0.05) is 30.0 Å². The van der Waals surface area contributed by atoms with Gasteiger partial charge in [0, 0.05) is 6.54 Å². The first-order chi connectivity index (χ1) is 11.4. The highest BCUT2D eigenvalue weighted by atomic mass is 32.2. The number of para-hydroxylation sites is 1. The van der Waals surface area contributed by atoms with Crippen LogP contribution in [0.5, 0.6) is 5.75 Å². The number of hydrogen-bond donors (Lipinski definition) is 3. The third kappa shape index (κ3) is 3.93. The number of rotatable bonds is 6. The van der Waals surface area contributed by atoms with E-state index in [1.807, 2.05) is 0 Å². The number of hydrogen-bond acceptors (Lipinski definition) is 6. The summed E-state index contributed by atoms with van der Waals surface area (Å²) in [5.41, 5.74) is 2.29. The fourth-order valence-electron chi connectivity index (χ4n) is 2.01. The minimum Gasteiger partial charge on any atom is -0.507 e. The first-order valence-corrected chi connectivity index (χ1v) is 7.78. The van der Waals surface area contributed by atoms with Gasteiger partial charge in [0.1, 0.15) is 11.0 Å². The third-order valence-electron chi connectivity index (χ3n) is 3.09. The second-order valence-electron chi connectivity index (χ2n) is 4.79. The van der Waals surface area contributed by atoms with Crippen molar-refractivity contribution in [1.29, 1.82) is 0 Å². The molecule has 1 aliphatic rings. The summed E-state index contributed by atoms with van der Waals surface area (Å²) in [6.45, 7) is 3.68. The average molecular weight is 349 g/mol. The lowest BCUT2D eigenvalue weighted by atomic mass is 10.2. The van der Waals surface area contributed by atoms with Crippen molar-refractivity contribution in [2.24, 2.45) is 5.10 Å². The lowest BCUT2D eigenvalue weighted by Gasteiger charge is -2.13. The van der Waals surface area contributed by atoms with E-state index in [-0.39, 0.29) is 29.4 Å². The Bertz CT molecular complexity index is 719. The molecule has 1 aromatic rings. The molecule has 8 nitrogen and oxygen atoms in total. The number of aliphatic carboxylic acids is 1. The number of amides is 2. The topological polar surface area (TPSA) is 119 Å². The van der Waals surface area contributed by atoms with Gasteiger partial charge in [-0.05, 0) is 12.1 Å². The van der Waals surface area contributed by atoms with Crippen LogP contribution < -0.4 is 5.43 Å². The number of aromatic hydroxyl groups is 1. The molecule has 1 atom stereocenters. The van der Waals surface area contributed by atoms with Gasteiger partial charge in [-0.3, -0.25) is 19.3 Å². The number of carbonyl (C=O) groups is 3. The Morgan fingerprint density at radius 2 is 2.12 bits per heavy atom. The van der Waals surface area contributed by atoms with Crippen LogP contribution in [-0.2, 0) is 9.59 Å². The van der Waals surface area contributed by atoms with E-state index in [4.69, 9.17) is 5.11 Å². The normalized spacial score (nSPS) is 18.7. The molecule has 0 aromatic heterocycles. The molecule has 2 rings (SSSR count). The molecule has 24 heavy (non-hydrogen) atoms. The summed E-state index contributed by atoms with van der Waals surface area (Å²) in [6, 6.07) is 5.95. The zero-order valence-corrected chi connectivity index (χ0v) is 13.3. The van der Waals surface area contributed by atoms with E-state index < -0.39 is 23.0 Å². The number of nitrogens with zero attached hydrogens (tertiary/aromatic N) is 2. The summed E-state index contributed by atoms with van der Waals surface area (Å²) in [5.74, 6) is -2.34. The highest BCUT2D eigenvalue weighted by Crippen LogP contribution is 2.29. The van der Waals surface area contributed by atoms with Crippen LogP contribution in [0.2, 0.25) is 0 Å².